The molecule has 130 valence electrons. The number of aryl methyl sites for hydroxylation is 4. The second kappa shape index (κ2) is 7.92. The molecule has 0 bridgehead atoms. The van der Waals surface area contributed by atoms with Gasteiger partial charge in [0.2, 0.25) is 0 Å². The fourth-order valence-electron chi connectivity index (χ4n) is 3.02. The summed E-state index contributed by atoms with van der Waals surface area (Å²) >= 11 is 0. The largest absolute Gasteiger partial charge is 0.256 e. The van der Waals surface area contributed by atoms with E-state index in [0.29, 0.717) is 0 Å². The van der Waals surface area contributed by atoms with Crippen LogP contribution in [-0.2, 0) is 0 Å². The number of nitrogens with zero attached hydrogens (tertiary/aromatic N) is 2. The van der Waals surface area contributed by atoms with E-state index in [1.807, 2.05) is 18.5 Å². The first kappa shape index (κ1) is 17.8. The first-order valence-electron chi connectivity index (χ1n) is 8.85. The minimum Gasteiger partial charge on any atom is -0.256 e. The maximum absolute atomic E-state index is 4.69. The highest BCUT2D eigenvalue weighted by molar-refractivity contribution is 5.88. The molecule has 0 unspecified atom stereocenters. The third-order valence-electron chi connectivity index (χ3n) is 4.48. The molecule has 3 aromatic rings. The molecule has 0 N–H and O–H groups in total. The molecule has 0 aliphatic rings. The van der Waals surface area contributed by atoms with Gasteiger partial charge < -0.3 is 0 Å². The molecule has 0 amide bonds. The Labute approximate surface area is 156 Å². The molecular weight excluding hydrogens is 316 g/mol. The van der Waals surface area contributed by atoms with E-state index in [1.165, 1.54) is 22.3 Å². The Kier molecular flexibility index (Phi) is 5.43. The maximum atomic E-state index is 4.69. The lowest BCUT2D eigenvalue weighted by Gasteiger charge is -2.04. The van der Waals surface area contributed by atoms with Crippen molar-refractivity contribution in [3.63, 3.8) is 0 Å². The van der Waals surface area contributed by atoms with Crippen LogP contribution >= 0.6 is 0 Å². The van der Waals surface area contributed by atoms with Crippen LogP contribution in [0.2, 0.25) is 0 Å². The maximum Gasteiger partial charge on any atom is 0.0688 e. The molecule has 0 spiro atoms. The van der Waals surface area contributed by atoms with Gasteiger partial charge in [0, 0.05) is 12.4 Å². The molecule has 0 aliphatic heterocycles. The van der Waals surface area contributed by atoms with Crippen molar-refractivity contribution < 1.29 is 0 Å². The first-order valence-corrected chi connectivity index (χ1v) is 8.85. The van der Waals surface area contributed by atoms with Crippen LogP contribution in [-0.4, -0.2) is 12.4 Å². The van der Waals surface area contributed by atoms with E-state index >= 15 is 0 Å². The quantitative estimate of drug-likeness (QED) is 0.489. The summed E-state index contributed by atoms with van der Waals surface area (Å²) in [7, 11) is 0. The number of rotatable bonds is 4. The van der Waals surface area contributed by atoms with E-state index in [2.05, 4.69) is 82.3 Å². The Morgan fingerprint density at radius 2 is 0.885 bits per heavy atom. The van der Waals surface area contributed by atoms with Gasteiger partial charge in [0.1, 0.15) is 0 Å². The molecule has 0 heterocycles. The monoisotopic (exact) mass is 340 g/mol. The molecule has 2 nitrogen and oxygen atoms in total. The van der Waals surface area contributed by atoms with Crippen LogP contribution in [0.5, 0.6) is 0 Å². The summed E-state index contributed by atoms with van der Waals surface area (Å²) in [6.45, 7) is 8.36. The van der Waals surface area contributed by atoms with Crippen molar-refractivity contribution in [2.24, 2.45) is 9.98 Å². The highest BCUT2D eigenvalue weighted by atomic mass is 14.7. The van der Waals surface area contributed by atoms with Crippen LogP contribution in [0, 0.1) is 27.7 Å². The third kappa shape index (κ3) is 4.15. The third-order valence-corrected chi connectivity index (χ3v) is 4.48. The molecule has 0 aliphatic carbocycles. The Bertz CT molecular complexity index is 864. The van der Waals surface area contributed by atoms with Gasteiger partial charge in [0.25, 0.3) is 0 Å². The topological polar surface area (TPSA) is 24.7 Å². The van der Waals surface area contributed by atoms with Crippen molar-refractivity contribution in [2.45, 2.75) is 27.7 Å². The molecule has 3 aromatic carbocycles. The van der Waals surface area contributed by atoms with Crippen LogP contribution in [0.15, 0.2) is 70.6 Å². The molecule has 0 fully saturated rings. The minimum absolute atomic E-state index is 1.04. The number of para-hydroxylation sites is 2. The van der Waals surface area contributed by atoms with E-state index < -0.39 is 0 Å². The van der Waals surface area contributed by atoms with Gasteiger partial charge in [-0.05, 0) is 67.1 Å². The van der Waals surface area contributed by atoms with Crippen molar-refractivity contribution in [2.75, 3.05) is 0 Å². The second-order valence-electron chi connectivity index (χ2n) is 6.67. The zero-order valence-electron chi connectivity index (χ0n) is 15.8. The van der Waals surface area contributed by atoms with Gasteiger partial charge in [-0.3, -0.25) is 9.98 Å². The highest BCUT2D eigenvalue weighted by Gasteiger charge is 2.00. The molecule has 26 heavy (non-hydrogen) atoms. The zero-order valence-corrected chi connectivity index (χ0v) is 15.8. The van der Waals surface area contributed by atoms with E-state index in [0.717, 1.165) is 22.5 Å². The lowest BCUT2D eigenvalue weighted by atomic mass is 10.1. The Balaban J connectivity index is 1.85. The average Bonchev–Trinajstić information content (AvgIpc) is 2.61. The summed E-state index contributed by atoms with van der Waals surface area (Å²) in [4.78, 5) is 9.39. The smallest absolute Gasteiger partial charge is 0.0688 e. The molecule has 0 radical (unpaired) electrons. The summed E-state index contributed by atoms with van der Waals surface area (Å²) in [6.07, 6.45) is 3.84. The fourth-order valence-corrected chi connectivity index (χ4v) is 3.02. The predicted octanol–water partition coefficient (Wildman–Crippen LogP) is 6.42. The van der Waals surface area contributed by atoms with Crippen LogP contribution < -0.4 is 0 Å². The highest BCUT2D eigenvalue weighted by Crippen LogP contribution is 2.24. The Morgan fingerprint density at radius 1 is 0.538 bits per heavy atom. The average molecular weight is 340 g/mol. The van der Waals surface area contributed by atoms with Crippen molar-refractivity contribution >= 4 is 23.8 Å². The fraction of sp³-hybridized carbons (Fsp3) is 0.167. The normalized spacial score (nSPS) is 11.5. The predicted molar refractivity (Wildman–Crippen MR) is 113 cm³/mol. The molecule has 0 saturated heterocycles. The molecule has 0 atom stereocenters. The van der Waals surface area contributed by atoms with Gasteiger partial charge in [-0.2, -0.15) is 0 Å². The summed E-state index contributed by atoms with van der Waals surface area (Å²) in [5.41, 5.74) is 8.98. The molecule has 3 rings (SSSR count). The van der Waals surface area contributed by atoms with Crippen molar-refractivity contribution in [3.05, 3.63) is 94.0 Å². The van der Waals surface area contributed by atoms with E-state index in [1.54, 1.807) is 0 Å². The molecule has 0 saturated carbocycles. The van der Waals surface area contributed by atoms with Crippen molar-refractivity contribution in [1.82, 2.24) is 0 Å². The lowest BCUT2D eigenvalue weighted by molar-refractivity contribution is 1.33. The Hall–Kier alpha value is -3.00. The molecule has 2 heteroatoms. The van der Waals surface area contributed by atoms with Gasteiger partial charge in [-0.1, -0.05) is 54.6 Å². The van der Waals surface area contributed by atoms with Gasteiger partial charge in [-0.25, -0.2) is 0 Å². The van der Waals surface area contributed by atoms with Crippen LogP contribution in [0.1, 0.15) is 33.4 Å². The van der Waals surface area contributed by atoms with Gasteiger partial charge in [0.15, 0.2) is 0 Å². The van der Waals surface area contributed by atoms with Gasteiger partial charge in [-0.15, -0.1) is 0 Å². The van der Waals surface area contributed by atoms with E-state index in [4.69, 9.17) is 9.98 Å². The minimum atomic E-state index is 1.04. The molecule has 0 aromatic heterocycles. The van der Waals surface area contributed by atoms with E-state index in [9.17, 15) is 0 Å². The SMILES string of the molecule is Cc1cccc(C)c1N=Cc1cccc(C=Nc2c(C)cccc2C)c1. The van der Waals surface area contributed by atoms with Gasteiger partial charge in [0.05, 0.1) is 11.4 Å². The second-order valence-corrected chi connectivity index (χ2v) is 6.67. The molecular formula is C24H24N2. The standard InChI is InChI=1S/C24H24N2/c1-17-8-5-9-18(2)23(17)25-15-21-12-7-13-22(14-21)16-26-24-19(3)10-6-11-20(24)4/h5-16H,1-4H3. The summed E-state index contributed by atoms with van der Waals surface area (Å²) in [5, 5.41) is 0. The lowest BCUT2D eigenvalue weighted by Crippen LogP contribution is -1.88. The van der Waals surface area contributed by atoms with Crippen molar-refractivity contribution in [3.8, 4) is 0 Å². The van der Waals surface area contributed by atoms with Gasteiger partial charge >= 0.3 is 0 Å². The van der Waals surface area contributed by atoms with Crippen LogP contribution in [0.3, 0.4) is 0 Å². The summed E-state index contributed by atoms with van der Waals surface area (Å²) in [6, 6.07) is 20.8. The number of benzene rings is 3. The number of hydrogen-bond acceptors (Lipinski definition) is 2. The summed E-state index contributed by atoms with van der Waals surface area (Å²) < 4.78 is 0. The van der Waals surface area contributed by atoms with E-state index in [-0.39, 0.29) is 0 Å². The zero-order chi connectivity index (χ0) is 18.5. The van der Waals surface area contributed by atoms with Crippen molar-refractivity contribution in [1.29, 1.82) is 0 Å². The van der Waals surface area contributed by atoms with Crippen LogP contribution in [0.25, 0.3) is 0 Å². The van der Waals surface area contributed by atoms with Crippen LogP contribution in [0.4, 0.5) is 11.4 Å². The first-order chi connectivity index (χ1) is 12.5. The number of aliphatic imine (C=N–C) groups is 2. The summed E-state index contributed by atoms with van der Waals surface area (Å²) in [5.74, 6) is 0. The number of hydrogen-bond donors (Lipinski definition) is 0. The Morgan fingerprint density at radius 3 is 1.27 bits per heavy atom.